The summed E-state index contributed by atoms with van der Waals surface area (Å²) < 4.78 is 0. The molecule has 0 aliphatic heterocycles. The van der Waals surface area contributed by atoms with Crippen molar-refractivity contribution < 1.29 is 19.5 Å². The highest BCUT2D eigenvalue weighted by Gasteiger charge is 2.19. The Morgan fingerprint density at radius 3 is 2.18 bits per heavy atom. The Morgan fingerprint density at radius 1 is 1.24 bits per heavy atom. The van der Waals surface area contributed by atoms with Gasteiger partial charge in [-0.05, 0) is 12.8 Å². The maximum atomic E-state index is 11.4. The molecular formula is C10H19N3O4. The van der Waals surface area contributed by atoms with Gasteiger partial charge in [-0.3, -0.25) is 14.4 Å². The number of carbonyl (C=O) groups excluding carboxylic acids is 2. The lowest BCUT2D eigenvalue weighted by molar-refractivity contribution is -0.141. The molecule has 98 valence electrons. The summed E-state index contributed by atoms with van der Waals surface area (Å²) in [6.45, 7) is 4.63. The Kier molecular flexibility index (Phi) is 6.19. The average Bonchev–Trinajstić information content (AvgIpc) is 2.24. The largest absolute Gasteiger partial charge is 0.480 e. The molecule has 0 heterocycles. The summed E-state index contributed by atoms with van der Waals surface area (Å²) in [6.07, 6.45) is 0. The topological polar surface area (TPSA) is 122 Å². The molecule has 0 radical (unpaired) electrons. The number of carboxylic acid groups (broad SMARTS) is 1. The van der Waals surface area contributed by atoms with Crippen LogP contribution in [0.1, 0.15) is 20.8 Å². The van der Waals surface area contributed by atoms with Crippen molar-refractivity contribution >= 4 is 17.8 Å². The molecule has 0 unspecified atom stereocenters. The smallest absolute Gasteiger partial charge is 0.325 e. The lowest BCUT2D eigenvalue weighted by Gasteiger charge is -2.15. The predicted octanol–water partition coefficient (Wildman–Crippen LogP) is -1.32. The van der Waals surface area contributed by atoms with Crippen molar-refractivity contribution in [1.82, 2.24) is 10.6 Å². The first-order valence-corrected chi connectivity index (χ1v) is 5.31. The normalized spacial score (nSPS) is 13.9. The SMILES string of the molecule is CC(C)[C@H](N)C(=O)NCC(=O)N[C@@H](C)C(=O)O. The maximum absolute atomic E-state index is 11.4. The van der Waals surface area contributed by atoms with Crippen molar-refractivity contribution in [2.24, 2.45) is 11.7 Å². The molecule has 0 spiro atoms. The van der Waals surface area contributed by atoms with Crippen molar-refractivity contribution in [3.63, 3.8) is 0 Å². The Balaban J connectivity index is 4.00. The highest BCUT2D eigenvalue weighted by atomic mass is 16.4. The Hall–Kier alpha value is -1.63. The predicted molar refractivity (Wildman–Crippen MR) is 61.1 cm³/mol. The molecule has 7 heteroatoms. The summed E-state index contributed by atoms with van der Waals surface area (Å²) >= 11 is 0. The van der Waals surface area contributed by atoms with E-state index in [9.17, 15) is 14.4 Å². The van der Waals surface area contributed by atoms with E-state index in [0.717, 1.165) is 0 Å². The van der Waals surface area contributed by atoms with Crippen LogP contribution in [0, 0.1) is 5.92 Å². The fourth-order valence-electron chi connectivity index (χ4n) is 0.942. The van der Waals surface area contributed by atoms with Crippen molar-refractivity contribution in [1.29, 1.82) is 0 Å². The van der Waals surface area contributed by atoms with Crippen LogP contribution in [0.4, 0.5) is 0 Å². The maximum Gasteiger partial charge on any atom is 0.325 e. The van der Waals surface area contributed by atoms with E-state index in [1.807, 2.05) is 0 Å². The third kappa shape index (κ3) is 5.86. The van der Waals surface area contributed by atoms with Crippen LogP contribution in [-0.4, -0.2) is 41.5 Å². The van der Waals surface area contributed by atoms with E-state index < -0.39 is 29.9 Å². The van der Waals surface area contributed by atoms with Gasteiger partial charge in [-0.2, -0.15) is 0 Å². The second-order valence-corrected chi connectivity index (χ2v) is 4.12. The third-order valence-corrected chi connectivity index (χ3v) is 2.19. The van der Waals surface area contributed by atoms with E-state index in [4.69, 9.17) is 10.8 Å². The first-order chi connectivity index (χ1) is 7.75. The highest BCUT2D eigenvalue weighted by Crippen LogP contribution is 1.97. The first kappa shape index (κ1) is 15.4. The number of carbonyl (C=O) groups is 3. The van der Waals surface area contributed by atoms with Gasteiger partial charge in [0.05, 0.1) is 12.6 Å². The van der Waals surface area contributed by atoms with Gasteiger partial charge >= 0.3 is 5.97 Å². The first-order valence-electron chi connectivity index (χ1n) is 5.31. The molecule has 0 saturated carbocycles. The van der Waals surface area contributed by atoms with Crippen LogP contribution < -0.4 is 16.4 Å². The number of amides is 2. The van der Waals surface area contributed by atoms with Gasteiger partial charge in [-0.1, -0.05) is 13.8 Å². The molecular weight excluding hydrogens is 226 g/mol. The van der Waals surface area contributed by atoms with Crippen molar-refractivity contribution in [3.05, 3.63) is 0 Å². The van der Waals surface area contributed by atoms with Gasteiger partial charge in [0.25, 0.3) is 0 Å². The van der Waals surface area contributed by atoms with Gasteiger partial charge in [-0.15, -0.1) is 0 Å². The molecule has 7 nitrogen and oxygen atoms in total. The molecule has 0 aromatic rings. The monoisotopic (exact) mass is 245 g/mol. The van der Waals surface area contributed by atoms with Crippen LogP contribution in [0.3, 0.4) is 0 Å². The van der Waals surface area contributed by atoms with E-state index in [-0.39, 0.29) is 12.5 Å². The van der Waals surface area contributed by atoms with Gasteiger partial charge in [0, 0.05) is 0 Å². The summed E-state index contributed by atoms with van der Waals surface area (Å²) in [5, 5.41) is 13.1. The van der Waals surface area contributed by atoms with Crippen LogP contribution in [0.15, 0.2) is 0 Å². The zero-order valence-electron chi connectivity index (χ0n) is 10.2. The summed E-state index contributed by atoms with van der Waals surface area (Å²) in [4.78, 5) is 33.0. The molecule has 0 fully saturated rings. The number of rotatable bonds is 6. The molecule has 5 N–H and O–H groups in total. The van der Waals surface area contributed by atoms with Crippen LogP contribution >= 0.6 is 0 Å². The van der Waals surface area contributed by atoms with Gasteiger partial charge in [0.2, 0.25) is 11.8 Å². The molecule has 0 aliphatic rings. The molecule has 0 aromatic heterocycles. The molecule has 2 atom stereocenters. The second kappa shape index (κ2) is 6.85. The number of hydrogen-bond donors (Lipinski definition) is 4. The van der Waals surface area contributed by atoms with Gasteiger partial charge < -0.3 is 21.5 Å². The summed E-state index contributed by atoms with van der Waals surface area (Å²) in [5.74, 6) is -2.16. The van der Waals surface area contributed by atoms with Gasteiger partial charge in [0.1, 0.15) is 6.04 Å². The van der Waals surface area contributed by atoms with E-state index in [0.29, 0.717) is 0 Å². The van der Waals surface area contributed by atoms with E-state index in [1.54, 1.807) is 13.8 Å². The average molecular weight is 245 g/mol. The van der Waals surface area contributed by atoms with Crippen molar-refractivity contribution in [2.45, 2.75) is 32.9 Å². The number of nitrogens with two attached hydrogens (primary N) is 1. The standard InChI is InChI=1S/C10H19N3O4/c1-5(2)8(11)9(15)12-4-7(14)13-6(3)10(16)17/h5-6,8H,4,11H2,1-3H3,(H,12,15)(H,13,14)(H,16,17)/t6-,8-/m0/s1. The van der Waals surface area contributed by atoms with Crippen molar-refractivity contribution in [2.75, 3.05) is 6.54 Å². The minimum atomic E-state index is -1.14. The fourth-order valence-corrected chi connectivity index (χ4v) is 0.942. The number of aliphatic carboxylic acids is 1. The summed E-state index contributed by atoms with van der Waals surface area (Å²) in [5.41, 5.74) is 5.56. The van der Waals surface area contributed by atoms with E-state index in [1.165, 1.54) is 6.92 Å². The van der Waals surface area contributed by atoms with Crippen LogP contribution in [0.5, 0.6) is 0 Å². The lowest BCUT2D eigenvalue weighted by atomic mass is 10.1. The molecule has 0 rings (SSSR count). The quantitative estimate of drug-likeness (QED) is 0.462. The molecule has 0 aliphatic carbocycles. The Bertz CT molecular complexity index is 304. The zero-order chi connectivity index (χ0) is 13.6. The van der Waals surface area contributed by atoms with Crippen LogP contribution in [0.25, 0.3) is 0 Å². The summed E-state index contributed by atoms with van der Waals surface area (Å²) in [6, 6.07) is -1.67. The zero-order valence-corrected chi connectivity index (χ0v) is 10.2. The Morgan fingerprint density at radius 2 is 1.76 bits per heavy atom. The van der Waals surface area contributed by atoms with E-state index >= 15 is 0 Å². The van der Waals surface area contributed by atoms with E-state index in [2.05, 4.69) is 10.6 Å². The third-order valence-electron chi connectivity index (χ3n) is 2.19. The van der Waals surface area contributed by atoms with Crippen LogP contribution in [0.2, 0.25) is 0 Å². The molecule has 2 amide bonds. The molecule has 0 bridgehead atoms. The second-order valence-electron chi connectivity index (χ2n) is 4.12. The summed E-state index contributed by atoms with van der Waals surface area (Å²) in [7, 11) is 0. The molecule has 0 aromatic carbocycles. The fraction of sp³-hybridized carbons (Fsp3) is 0.700. The molecule has 17 heavy (non-hydrogen) atoms. The highest BCUT2D eigenvalue weighted by molar-refractivity contribution is 5.89. The number of carboxylic acids is 1. The van der Waals surface area contributed by atoms with Crippen molar-refractivity contribution in [3.8, 4) is 0 Å². The van der Waals surface area contributed by atoms with Gasteiger partial charge in [-0.25, -0.2) is 0 Å². The van der Waals surface area contributed by atoms with Crippen LogP contribution in [-0.2, 0) is 14.4 Å². The number of nitrogens with one attached hydrogen (secondary N) is 2. The minimum Gasteiger partial charge on any atom is -0.480 e. The molecule has 0 saturated heterocycles. The lowest BCUT2D eigenvalue weighted by Crippen LogP contribution is -2.49. The number of hydrogen-bond acceptors (Lipinski definition) is 4. The van der Waals surface area contributed by atoms with Gasteiger partial charge in [0.15, 0.2) is 0 Å². The minimum absolute atomic E-state index is 0.0315. The Labute approximate surface area is 99.7 Å².